The molecule has 0 radical (unpaired) electrons. The Morgan fingerprint density at radius 1 is 1.00 bits per heavy atom. The van der Waals surface area contributed by atoms with Crippen LogP contribution in [0.4, 0.5) is 24.8 Å². The van der Waals surface area contributed by atoms with Crippen LogP contribution in [-0.4, -0.2) is 31.5 Å². The van der Waals surface area contributed by atoms with E-state index >= 15 is 0 Å². The molecule has 4 rings (SSSR count). The lowest BCUT2D eigenvalue weighted by molar-refractivity contribution is -0.137. The highest BCUT2D eigenvalue weighted by atomic mass is 32.2. The van der Waals surface area contributed by atoms with Crippen molar-refractivity contribution in [2.75, 3.05) is 22.7 Å². The first kappa shape index (κ1) is 25.9. The van der Waals surface area contributed by atoms with Crippen LogP contribution in [0.15, 0.2) is 59.6 Å². The number of piperidine rings is 1. The lowest BCUT2D eigenvalue weighted by Crippen LogP contribution is -2.33. The van der Waals surface area contributed by atoms with E-state index in [9.17, 15) is 21.6 Å². The van der Waals surface area contributed by atoms with Gasteiger partial charge in [-0.15, -0.1) is 0 Å². The van der Waals surface area contributed by atoms with Gasteiger partial charge in [0.25, 0.3) is 10.0 Å². The van der Waals surface area contributed by atoms with Crippen LogP contribution in [0.3, 0.4) is 0 Å². The number of rotatable bonds is 7. The first-order valence-corrected chi connectivity index (χ1v) is 13.5. The van der Waals surface area contributed by atoms with Crippen LogP contribution in [0.2, 0.25) is 0 Å². The van der Waals surface area contributed by atoms with Gasteiger partial charge in [-0.05, 0) is 55.0 Å². The zero-order chi connectivity index (χ0) is 25.9. The van der Waals surface area contributed by atoms with E-state index in [1.165, 1.54) is 6.07 Å². The van der Waals surface area contributed by atoms with Gasteiger partial charge in [-0.2, -0.15) is 21.6 Å². The molecule has 1 N–H and O–H groups in total. The minimum atomic E-state index is -4.65. The van der Waals surface area contributed by atoms with Crippen LogP contribution in [0.5, 0.6) is 0 Å². The quantitative estimate of drug-likeness (QED) is 0.406. The smallest absolute Gasteiger partial charge is 0.357 e. The maximum atomic E-state index is 13.8. The highest BCUT2D eigenvalue weighted by molar-refractivity contribution is 7.92. The van der Waals surface area contributed by atoms with E-state index in [0.717, 1.165) is 44.5 Å². The second-order valence-corrected chi connectivity index (χ2v) is 10.7. The summed E-state index contributed by atoms with van der Waals surface area (Å²) in [5.74, 6) is 0.958. The summed E-state index contributed by atoms with van der Waals surface area (Å²) in [7, 11) is -4.18. The average Bonchev–Trinajstić information content (AvgIpc) is 2.84. The van der Waals surface area contributed by atoms with Crippen molar-refractivity contribution in [3.63, 3.8) is 0 Å². The Morgan fingerprint density at radius 3 is 2.42 bits per heavy atom. The Bertz CT molecular complexity index is 1320. The molecule has 1 aliphatic heterocycles. The Hall–Kier alpha value is -3.14. The third-order valence-corrected chi connectivity index (χ3v) is 7.58. The normalized spacial score (nSPS) is 15.2. The number of nitrogens with one attached hydrogen (secondary N) is 1. The lowest BCUT2D eigenvalue weighted by atomic mass is 9.97. The molecule has 192 valence electrons. The molecule has 0 aliphatic carbocycles. The Balaban J connectivity index is 1.68. The highest BCUT2D eigenvalue weighted by Gasteiger charge is 2.35. The van der Waals surface area contributed by atoms with E-state index in [0.29, 0.717) is 29.3 Å². The Labute approximate surface area is 209 Å². The molecular weight excluding hydrogens is 489 g/mol. The number of benzene rings is 1. The molecule has 3 heterocycles. The fourth-order valence-corrected chi connectivity index (χ4v) is 5.31. The summed E-state index contributed by atoms with van der Waals surface area (Å²) in [6.45, 7) is 5.69. The van der Waals surface area contributed by atoms with Crippen LogP contribution in [0.1, 0.15) is 44.2 Å². The maximum Gasteiger partial charge on any atom is 0.418 e. The summed E-state index contributed by atoms with van der Waals surface area (Å²) in [5, 5.41) is -0.215. The van der Waals surface area contributed by atoms with Gasteiger partial charge in [0.05, 0.1) is 11.3 Å². The monoisotopic (exact) mass is 518 g/mol. The lowest BCUT2D eigenvalue weighted by Gasteiger charge is -2.31. The van der Waals surface area contributed by atoms with E-state index in [4.69, 9.17) is 0 Å². The summed E-state index contributed by atoms with van der Waals surface area (Å²) in [4.78, 5) is 10.5. The number of aromatic nitrogens is 2. The number of nitrogens with zero attached hydrogens (tertiary/aromatic N) is 3. The molecule has 3 aromatic rings. The molecule has 1 aromatic carbocycles. The molecule has 0 saturated carbocycles. The predicted molar refractivity (Wildman–Crippen MR) is 134 cm³/mol. The van der Waals surface area contributed by atoms with Gasteiger partial charge in [0.1, 0.15) is 11.6 Å². The van der Waals surface area contributed by atoms with E-state index in [-0.39, 0.29) is 16.5 Å². The molecule has 1 fully saturated rings. The molecule has 1 saturated heterocycles. The first-order chi connectivity index (χ1) is 17.1. The zero-order valence-electron chi connectivity index (χ0n) is 20.2. The third-order valence-electron chi connectivity index (χ3n) is 6.32. The number of halogens is 3. The molecule has 0 bridgehead atoms. The SMILES string of the molecule is CCCc1ccccc1-c1nc(NS(=O)(=O)c2cccc(N3CCC(C)CC3)n2)ccc1C(F)(F)F. The van der Waals surface area contributed by atoms with E-state index < -0.39 is 21.8 Å². The number of sulfonamides is 1. The molecule has 0 atom stereocenters. The van der Waals surface area contributed by atoms with Crippen molar-refractivity contribution in [1.82, 2.24) is 9.97 Å². The van der Waals surface area contributed by atoms with Crippen LogP contribution < -0.4 is 9.62 Å². The van der Waals surface area contributed by atoms with Crippen LogP contribution >= 0.6 is 0 Å². The summed E-state index contributed by atoms with van der Waals surface area (Å²) >= 11 is 0. The first-order valence-electron chi connectivity index (χ1n) is 12.0. The van der Waals surface area contributed by atoms with Gasteiger partial charge in [-0.1, -0.05) is 50.6 Å². The zero-order valence-corrected chi connectivity index (χ0v) is 21.0. The van der Waals surface area contributed by atoms with Crippen molar-refractivity contribution >= 4 is 21.7 Å². The minimum Gasteiger partial charge on any atom is -0.357 e. The largest absolute Gasteiger partial charge is 0.418 e. The molecule has 36 heavy (non-hydrogen) atoms. The summed E-state index contributed by atoms with van der Waals surface area (Å²) in [6, 6.07) is 13.4. The Kier molecular flexibility index (Phi) is 7.54. The van der Waals surface area contributed by atoms with Crippen LogP contribution in [0, 0.1) is 5.92 Å². The number of pyridine rings is 2. The standard InChI is InChI=1S/C26H29F3N4O2S/c1-3-7-19-8-4-5-9-20(19)25-21(26(27,28)29)12-13-22(30-25)32-36(34,35)24-11-6-10-23(31-24)33-16-14-18(2)15-17-33/h4-6,8-13,18H,3,7,14-17H2,1-2H3,(H,30,32). The fourth-order valence-electron chi connectivity index (χ4n) is 4.35. The topological polar surface area (TPSA) is 75.2 Å². The van der Waals surface area contributed by atoms with Gasteiger partial charge in [-0.3, -0.25) is 4.72 Å². The number of hydrogen-bond donors (Lipinski definition) is 1. The minimum absolute atomic E-state index is 0.205. The number of anilines is 2. The van der Waals surface area contributed by atoms with Crippen molar-refractivity contribution in [2.24, 2.45) is 5.92 Å². The van der Waals surface area contributed by atoms with Crippen molar-refractivity contribution in [3.8, 4) is 11.3 Å². The van der Waals surface area contributed by atoms with Gasteiger partial charge in [0.2, 0.25) is 0 Å². The number of aryl methyl sites for hydroxylation is 1. The van der Waals surface area contributed by atoms with E-state index in [1.807, 2.05) is 11.8 Å². The van der Waals surface area contributed by atoms with Crippen LogP contribution in [-0.2, 0) is 22.6 Å². The Morgan fingerprint density at radius 2 is 1.72 bits per heavy atom. The fraction of sp³-hybridized carbons (Fsp3) is 0.385. The van der Waals surface area contributed by atoms with Gasteiger partial charge < -0.3 is 4.90 Å². The third kappa shape index (κ3) is 5.80. The average molecular weight is 519 g/mol. The maximum absolute atomic E-state index is 13.8. The molecule has 2 aromatic heterocycles. The van der Waals surface area contributed by atoms with Gasteiger partial charge >= 0.3 is 6.18 Å². The number of alkyl halides is 3. The van der Waals surface area contributed by atoms with E-state index in [1.54, 1.807) is 36.4 Å². The second kappa shape index (κ2) is 10.5. The summed E-state index contributed by atoms with van der Waals surface area (Å²) < 4.78 is 70.1. The van der Waals surface area contributed by atoms with Crippen molar-refractivity contribution in [1.29, 1.82) is 0 Å². The molecule has 0 unspecified atom stereocenters. The summed E-state index contributed by atoms with van der Waals surface area (Å²) in [5.41, 5.74) is -0.195. The second-order valence-electron chi connectivity index (χ2n) is 9.11. The molecule has 1 aliphatic rings. The van der Waals surface area contributed by atoms with Gasteiger partial charge in [0.15, 0.2) is 5.03 Å². The molecule has 0 amide bonds. The number of hydrogen-bond acceptors (Lipinski definition) is 5. The van der Waals surface area contributed by atoms with Gasteiger partial charge in [-0.25, -0.2) is 9.97 Å². The molecule has 10 heteroatoms. The van der Waals surface area contributed by atoms with Crippen molar-refractivity contribution in [3.05, 3.63) is 65.7 Å². The molecule has 6 nitrogen and oxygen atoms in total. The molecule has 0 spiro atoms. The van der Waals surface area contributed by atoms with Crippen LogP contribution in [0.25, 0.3) is 11.3 Å². The highest BCUT2D eigenvalue weighted by Crippen LogP contribution is 2.38. The predicted octanol–water partition coefficient (Wildman–Crippen LogP) is 6.15. The summed E-state index contributed by atoms with van der Waals surface area (Å²) in [6.07, 6.45) is -1.36. The van der Waals surface area contributed by atoms with Gasteiger partial charge in [0, 0.05) is 18.7 Å². The van der Waals surface area contributed by atoms with Crippen molar-refractivity contribution < 1.29 is 21.6 Å². The van der Waals surface area contributed by atoms with Crippen molar-refractivity contribution in [2.45, 2.75) is 50.7 Å². The van der Waals surface area contributed by atoms with E-state index in [2.05, 4.69) is 21.6 Å². The molecular formula is C26H29F3N4O2S.